The summed E-state index contributed by atoms with van der Waals surface area (Å²) in [4.78, 5) is 2.28. The van der Waals surface area contributed by atoms with E-state index in [4.69, 9.17) is 0 Å². The quantitative estimate of drug-likeness (QED) is 0.921. The first-order chi connectivity index (χ1) is 10.00. The van der Waals surface area contributed by atoms with Gasteiger partial charge in [0, 0.05) is 25.3 Å². The summed E-state index contributed by atoms with van der Waals surface area (Å²) in [7, 11) is -0.713. The molecule has 2 atom stereocenters. The monoisotopic (exact) mass is 308 g/mol. The number of nitrogens with zero attached hydrogens (tertiary/aromatic N) is 1. The van der Waals surface area contributed by atoms with Crippen LogP contribution in [0.2, 0.25) is 0 Å². The van der Waals surface area contributed by atoms with Crippen LogP contribution in [0.5, 0.6) is 0 Å². The van der Waals surface area contributed by atoms with E-state index in [1.165, 1.54) is 16.8 Å². The van der Waals surface area contributed by atoms with Crippen LogP contribution in [0.15, 0.2) is 18.2 Å². The molecule has 0 saturated carbocycles. The predicted octanol–water partition coefficient (Wildman–Crippen LogP) is 1.76. The number of nitrogens with one attached hydrogen (secondary N) is 1. The number of likely N-dealkylation sites (N-methyl/N-ethyl adjacent to an activating group) is 1. The van der Waals surface area contributed by atoms with Gasteiger partial charge in [-0.1, -0.05) is 19.1 Å². The van der Waals surface area contributed by atoms with Gasteiger partial charge in [-0.3, -0.25) is 0 Å². The van der Waals surface area contributed by atoms with Crippen LogP contribution in [0, 0.1) is 5.92 Å². The molecule has 1 aromatic rings. The van der Waals surface area contributed by atoms with Crippen molar-refractivity contribution in [1.82, 2.24) is 5.32 Å². The van der Waals surface area contributed by atoms with E-state index in [1.54, 1.807) is 0 Å². The molecule has 2 aliphatic heterocycles. The Bertz CT molecular complexity index is 627. The third-order valence-corrected chi connectivity index (χ3v) is 6.55. The third-order valence-electron chi connectivity index (χ3n) is 4.75. The van der Waals surface area contributed by atoms with Crippen LogP contribution in [0.1, 0.15) is 30.5 Å². The molecule has 2 aliphatic rings. The van der Waals surface area contributed by atoms with Gasteiger partial charge in [-0.2, -0.15) is 0 Å². The Kier molecular flexibility index (Phi) is 3.97. The van der Waals surface area contributed by atoms with Crippen LogP contribution >= 0.6 is 0 Å². The normalized spacial score (nSPS) is 25.0. The fourth-order valence-corrected chi connectivity index (χ4v) is 5.48. The van der Waals surface area contributed by atoms with Crippen molar-refractivity contribution in [2.45, 2.75) is 25.8 Å². The minimum absolute atomic E-state index is 0.156. The van der Waals surface area contributed by atoms with Gasteiger partial charge in [0.2, 0.25) is 0 Å². The van der Waals surface area contributed by atoms with Crippen LogP contribution in [0.3, 0.4) is 0 Å². The van der Waals surface area contributed by atoms with Gasteiger partial charge in [-0.15, -0.1) is 0 Å². The van der Waals surface area contributed by atoms with Crippen LogP contribution in [0.25, 0.3) is 0 Å². The number of rotatable bonds is 4. The van der Waals surface area contributed by atoms with Crippen molar-refractivity contribution >= 4 is 15.5 Å². The van der Waals surface area contributed by atoms with Gasteiger partial charge in [-0.05, 0) is 42.5 Å². The molecule has 3 rings (SSSR count). The Morgan fingerprint density at radius 1 is 1.43 bits per heavy atom. The molecular weight excluding hydrogens is 284 g/mol. The molecule has 1 saturated heterocycles. The predicted molar refractivity (Wildman–Crippen MR) is 86.6 cm³/mol. The summed E-state index contributed by atoms with van der Waals surface area (Å²) in [6, 6.07) is 6.78. The molecule has 2 heterocycles. The summed E-state index contributed by atoms with van der Waals surface area (Å²) in [5.41, 5.74) is 3.94. The van der Waals surface area contributed by atoms with Crippen molar-refractivity contribution < 1.29 is 8.42 Å². The maximum absolute atomic E-state index is 11.8. The lowest BCUT2D eigenvalue weighted by atomic mass is 9.91. The highest BCUT2D eigenvalue weighted by Crippen LogP contribution is 2.35. The van der Waals surface area contributed by atoms with Crippen molar-refractivity contribution in [3.8, 4) is 0 Å². The molecule has 2 unspecified atom stereocenters. The summed E-state index contributed by atoms with van der Waals surface area (Å²) in [6.45, 7) is 4.01. The topological polar surface area (TPSA) is 49.4 Å². The molecule has 0 spiro atoms. The highest BCUT2D eigenvalue weighted by atomic mass is 32.2. The van der Waals surface area contributed by atoms with E-state index in [2.05, 4.69) is 42.4 Å². The lowest BCUT2D eigenvalue weighted by Crippen LogP contribution is -2.29. The molecule has 1 aromatic carbocycles. The van der Waals surface area contributed by atoms with E-state index in [1.807, 2.05) is 0 Å². The first kappa shape index (κ1) is 14.9. The van der Waals surface area contributed by atoms with E-state index in [-0.39, 0.29) is 12.0 Å². The second-order valence-electron chi connectivity index (χ2n) is 6.26. The number of anilines is 1. The molecule has 21 heavy (non-hydrogen) atoms. The zero-order valence-electron chi connectivity index (χ0n) is 12.8. The van der Waals surface area contributed by atoms with Crippen LogP contribution in [-0.2, 0) is 16.3 Å². The average Bonchev–Trinajstić information content (AvgIpc) is 2.99. The number of fused-ring (bicyclic) bond motifs is 1. The van der Waals surface area contributed by atoms with Crippen molar-refractivity contribution in [2.24, 2.45) is 5.92 Å². The molecule has 0 aliphatic carbocycles. The van der Waals surface area contributed by atoms with Gasteiger partial charge in [-0.25, -0.2) is 8.42 Å². The molecule has 0 radical (unpaired) electrons. The van der Waals surface area contributed by atoms with Gasteiger partial charge in [0.15, 0.2) is 9.84 Å². The summed E-state index contributed by atoms with van der Waals surface area (Å²) in [6.07, 6.45) is 1.86. The Labute approximate surface area is 127 Å². The van der Waals surface area contributed by atoms with Crippen LogP contribution in [-0.4, -0.2) is 40.1 Å². The summed E-state index contributed by atoms with van der Waals surface area (Å²) in [5, 5.41) is 3.50. The summed E-state index contributed by atoms with van der Waals surface area (Å²) >= 11 is 0. The minimum Gasteiger partial charge on any atom is -0.374 e. The summed E-state index contributed by atoms with van der Waals surface area (Å²) in [5.74, 6) is 0.863. The molecule has 116 valence electrons. The standard InChI is InChI=1S/C16H24N2O2S/c1-3-17-16(14-7-9-21(19,20)11-14)13-4-5-15-12(10-13)6-8-18(15)2/h4-5,10,14,16-17H,3,6-9,11H2,1-2H3. The van der Waals surface area contributed by atoms with E-state index in [0.29, 0.717) is 11.5 Å². The first-order valence-corrected chi connectivity index (χ1v) is 9.60. The molecule has 0 amide bonds. The maximum atomic E-state index is 11.8. The SMILES string of the molecule is CCNC(c1ccc2c(c1)CCN2C)C1CCS(=O)(=O)C1. The Balaban J connectivity index is 1.88. The van der Waals surface area contributed by atoms with Crippen LogP contribution < -0.4 is 10.2 Å². The van der Waals surface area contributed by atoms with Crippen molar-refractivity contribution in [1.29, 1.82) is 0 Å². The Morgan fingerprint density at radius 3 is 2.90 bits per heavy atom. The third kappa shape index (κ3) is 2.94. The minimum atomic E-state index is -2.84. The molecule has 1 N–H and O–H groups in total. The largest absolute Gasteiger partial charge is 0.374 e. The van der Waals surface area contributed by atoms with Crippen molar-refractivity contribution in [3.05, 3.63) is 29.3 Å². The Hall–Kier alpha value is -1.07. The second-order valence-corrected chi connectivity index (χ2v) is 8.49. The smallest absolute Gasteiger partial charge is 0.150 e. The van der Waals surface area contributed by atoms with Gasteiger partial charge >= 0.3 is 0 Å². The van der Waals surface area contributed by atoms with Gasteiger partial charge in [0.25, 0.3) is 0 Å². The van der Waals surface area contributed by atoms with Crippen molar-refractivity contribution in [2.75, 3.05) is 36.5 Å². The van der Waals surface area contributed by atoms with Gasteiger partial charge in [0.1, 0.15) is 0 Å². The van der Waals surface area contributed by atoms with E-state index >= 15 is 0 Å². The molecular formula is C16H24N2O2S. The Morgan fingerprint density at radius 2 is 2.24 bits per heavy atom. The molecule has 4 nitrogen and oxygen atoms in total. The van der Waals surface area contributed by atoms with E-state index < -0.39 is 9.84 Å². The maximum Gasteiger partial charge on any atom is 0.150 e. The number of benzene rings is 1. The first-order valence-electron chi connectivity index (χ1n) is 7.78. The lowest BCUT2D eigenvalue weighted by Gasteiger charge is -2.25. The van der Waals surface area contributed by atoms with Crippen LogP contribution in [0.4, 0.5) is 5.69 Å². The van der Waals surface area contributed by atoms with Gasteiger partial charge < -0.3 is 10.2 Å². The highest BCUT2D eigenvalue weighted by Gasteiger charge is 2.34. The lowest BCUT2D eigenvalue weighted by molar-refractivity contribution is 0.400. The second kappa shape index (κ2) is 5.61. The number of hydrogen-bond acceptors (Lipinski definition) is 4. The van der Waals surface area contributed by atoms with E-state index in [9.17, 15) is 8.42 Å². The zero-order valence-corrected chi connectivity index (χ0v) is 13.6. The highest BCUT2D eigenvalue weighted by molar-refractivity contribution is 7.91. The zero-order chi connectivity index (χ0) is 15.0. The average molecular weight is 308 g/mol. The fraction of sp³-hybridized carbons (Fsp3) is 0.625. The molecule has 0 bridgehead atoms. The summed E-state index contributed by atoms with van der Waals surface area (Å²) < 4.78 is 23.6. The molecule has 0 aromatic heterocycles. The number of hydrogen-bond donors (Lipinski definition) is 1. The fourth-order valence-electron chi connectivity index (χ4n) is 3.64. The van der Waals surface area contributed by atoms with E-state index in [0.717, 1.165) is 25.9 Å². The van der Waals surface area contributed by atoms with Crippen molar-refractivity contribution in [3.63, 3.8) is 0 Å². The molecule has 5 heteroatoms. The van der Waals surface area contributed by atoms with Gasteiger partial charge in [0.05, 0.1) is 11.5 Å². The molecule has 1 fully saturated rings. The number of sulfone groups is 1.